The van der Waals surface area contributed by atoms with Crippen LogP contribution in [0.4, 0.5) is 13.2 Å². The van der Waals surface area contributed by atoms with Crippen LogP contribution < -0.4 is 15.4 Å². The Hall–Kier alpha value is -1.51. The van der Waals surface area contributed by atoms with Gasteiger partial charge in [0.2, 0.25) is 0 Å². The van der Waals surface area contributed by atoms with Crippen molar-refractivity contribution in [2.75, 3.05) is 26.7 Å². The van der Waals surface area contributed by atoms with Crippen molar-refractivity contribution < 1.29 is 27.4 Å². The maximum absolute atomic E-state index is 12.3. The van der Waals surface area contributed by atoms with Gasteiger partial charge in [0.15, 0.2) is 0 Å². The lowest BCUT2D eigenvalue weighted by molar-refractivity contribution is -0.274. The second-order valence-electron chi connectivity index (χ2n) is 5.65. The van der Waals surface area contributed by atoms with Crippen LogP contribution in [0.3, 0.4) is 0 Å². The van der Waals surface area contributed by atoms with Crippen molar-refractivity contribution in [1.82, 2.24) is 10.6 Å². The maximum Gasteiger partial charge on any atom is 0.573 e. The average Bonchev–Trinajstić information content (AvgIpc) is 2.55. The lowest BCUT2D eigenvalue weighted by Gasteiger charge is -2.34. The molecule has 0 radical (unpaired) electrons. The van der Waals surface area contributed by atoms with Gasteiger partial charge < -0.3 is 20.1 Å². The van der Waals surface area contributed by atoms with Gasteiger partial charge in [-0.3, -0.25) is 4.79 Å². The van der Waals surface area contributed by atoms with E-state index in [1.807, 2.05) is 0 Å². The van der Waals surface area contributed by atoms with Gasteiger partial charge in [-0.1, -0.05) is 12.1 Å². The molecule has 1 aromatic rings. The SMILES string of the molecule is COC1(C(=O)NCCc2ccc(OC(F)(F)F)cc2)CCNCC1.Cl. The van der Waals surface area contributed by atoms with E-state index in [4.69, 9.17) is 4.74 Å². The van der Waals surface area contributed by atoms with Gasteiger partial charge in [-0.25, -0.2) is 0 Å². The highest BCUT2D eigenvalue weighted by molar-refractivity contribution is 5.85. The van der Waals surface area contributed by atoms with E-state index in [2.05, 4.69) is 15.4 Å². The molecule has 1 saturated heterocycles. The smallest absolute Gasteiger partial charge is 0.406 e. The number of nitrogens with one attached hydrogen (secondary N) is 2. The number of rotatable bonds is 6. The summed E-state index contributed by atoms with van der Waals surface area (Å²) in [7, 11) is 1.53. The molecule has 1 amide bonds. The third-order valence-electron chi connectivity index (χ3n) is 4.07. The topological polar surface area (TPSA) is 59.6 Å². The standard InChI is InChI=1S/C16H21F3N2O3.ClH/c1-23-15(7-10-20-11-8-15)14(22)21-9-6-12-2-4-13(5-3-12)24-16(17,18)19;/h2-5,20H,6-11H2,1H3,(H,21,22);1H. The first-order valence-electron chi connectivity index (χ1n) is 7.73. The summed E-state index contributed by atoms with van der Waals surface area (Å²) in [5.41, 5.74) is 0.0111. The van der Waals surface area contributed by atoms with Gasteiger partial charge in [0.05, 0.1) is 0 Å². The van der Waals surface area contributed by atoms with Crippen LogP contribution in [0.5, 0.6) is 5.75 Å². The largest absolute Gasteiger partial charge is 0.573 e. The number of hydrogen-bond acceptors (Lipinski definition) is 4. The van der Waals surface area contributed by atoms with E-state index >= 15 is 0 Å². The van der Waals surface area contributed by atoms with Crippen LogP contribution in [0.1, 0.15) is 18.4 Å². The monoisotopic (exact) mass is 382 g/mol. The Balaban J connectivity index is 0.00000312. The van der Waals surface area contributed by atoms with E-state index in [0.717, 1.165) is 18.7 Å². The fraction of sp³-hybridized carbons (Fsp3) is 0.562. The summed E-state index contributed by atoms with van der Waals surface area (Å²) < 4.78 is 45.5. The summed E-state index contributed by atoms with van der Waals surface area (Å²) in [5, 5.41) is 6.02. The highest BCUT2D eigenvalue weighted by atomic mass is 35.5. The third kappa shape index (κ3) is 6.37. The average molecular weight is 383 g/mol. The Morgan fingerprint density at radius 3 is 2.36 bits per heavy atom. The number of benzene rings is 1. The van der Waals surface area contributed by atoms with E-state index < -0.39 is 12.0 Å². The number of amides is 1. The lowest BCUT2D eigenvalue weighted by atomic mass is 9.91. The van der Waals surface area contributed by atoms with Crippen LogP contribution in [0.2, 0.25) is 0 Å². The minimum atomic E-state index is -4.70. The van der Waals surface area contributed by atoms with Crippen LogP contribution in [0, 0.1) is 0 Å². The first-order valence-corrected chi connectivity index (χ1v) is 7.73. The summed E-state index contributed by atoms with van der Waals surface area (Å²) in [6.07, 6.45) is -2.97. The number of carbonyl (C=O) groups is 1. The summed E-state index contributed by atoms with van der Waals surface area (Å²) >= 11 is 0. The van der Waals surface area contributed by atoms with Crippen molar-refractivity contribution in [3.8, 4) is 5.75 Å². The predicted octanol–water partition coefficient (Wildman–Crippen LogP) is 2.43. The van der Waals surface area contributed by atoms with Gasteiger partial charge in [-0.2, -0.15) is 0 Å². The van der Waals surface area contributed by atoms with Crippen LogP contribution in [0.25, 0.3) is 0 Å². The Bertz CT molecular complexity index is 547. The van der Waals surface area contributed by atoms with Crippen LogP contribution in [-0.4, -0.2) is 44.6 Å². The van der Waals surface area contributed by atoms with Crippen molar-refractivity contribution in [1.29, 1.82) is 0 Å². The zero-order valence-electron chi connectivity index (χ0n) is 13.8. The normalized spacial score (nSPS) is 16.6. The molecular formula is C16H22ClF3N2O3. The molecule has 0 aromatic heterocycles. The van der Waals surface area contributed by atoms with E-state index in [1.165, 1.54) is 19.2 Å². The van der Waals surface area contributed by atoms with Crippen molar-refractivity contribution >= 4 is 18.3 Å². The number of ether oxygens (including phenoxy) is 2. The summed E-state index contributed by atoms with van der Waals surface area (Å²) in [6, 6.07) is 5.61. The molecule has 2 rings (SSSR count). The van der Waals surface area contributed by atoms with Crippen molar-refractivity contribution in [3.05, 3.63) is 29.8 Å². The third-order valence-corrected chi connectivity index (χ3v) is 4.07. The molecule has 0 atom stereocenters. The number of piperidine rings is 1. The van der Waals surface area contributed by atoms with Gasteiger partial charge in [0.1, 0.15) is 11.4 Å². The molecule has 9 heteroatoms. The molecule has 0 saturated carbocycles. The Kier molecular flexibility index (Phi) is 7.98. The molecule has 2 N–H and O–H groups in total. The number of carbonyl (C=O) groups excluding carboxylic acids is 1. The molecule has 0 unspecified atom stereocenters. The van der Waals surface area contributed by atoms with Gasteiger partial charge in [-0.05, 0) is 50.0 Å². The van der Waals surface area contributed by atoms with E-state index in [-0.39, 0.29) is 24.1 Å². The first-order chi connectivity index (χ1) is 11.3. The highest BCUT2D eigenvalue weighted by Gasteiger charge is 2.39. The second kappa shape index (κ2) is 9.26. The van der Waals surface area contributed by atoms with Crippen LogP contribution in [0.15, 0.2) is 24.3 Å². The summed E-state index contributed by atoms with van der Waals surface area (Å²) in [6.45, 7) is 1.83. The maximum atomic E-state index is 12.3. The van der Waals surface area contributed by atoms with Crippen molar-refractivity contribution in [3.63, 3.8) is 0 Å². The molecule has 5 nitrogen and oxygen atoms in total. The minimum absolute atomic E-state index is 0. The van der Waals surface area contributed by atoms with Crippen molar-refractivity contribution in [2.45, 2.75) is 31.2 Å². The molecule has 0 spiro atoms. The van der Waals surface area contributed by atoms with Crippen molar-refractivity contribution in [2.24, 2.45) is 0 Å². The summed E-state index contributed by atoms with van der Waals surface area (Å²) in [5.74, 6) is -0.410. The highest BCUT2D eigenvalue weighted by Crippen LogP contribution is 2.24. The molecule has 25 heavy (non-hydrogen) atoms. The van der Waals surface area contributed by atoms with Crippen LogP contribution >= 0.6 is 12.4 Å². The molecule has 1 fully saturated rings. The fourth-order valence-electron chi connectivity index (χ4n) is 2.69. The number of hydrogen-bond donors (Lipinski definition) is 2. The molecule has 1 aliphatic heterocycles. The zero-order chi connectivity index (χ0) is 17.6. The Morgan fingerprint density at radius 2 is 1.84 bits per heavy atom. The number of halogens is 4. The fourth-order valence-corrected chi connectivity index (χ4v) is 2.69. The molecular weight excluding hydrogens is 361 g/mol. The molecule has 1 heterocycles. The second-order valence-corrected chi connectivity index (χ2v) is 5.65. The van der Waals surface area contributed by atoms with Crippen LogP contribution in [-0.2, 0) is 16.0 Å². The number of methoxy groups -OCH3 is 1. The summed E-state index contributed by atoms with van der Waals surface area (Å²) in [4.78, 5) is 12.3. The van der Waals surface area contributed by atoms with E-state index in [0.29, 0.717) is 25.8 Å². The lowest BCUT2D eigenvalue weighted by Crippen LogP contribution is -2.54. The molecule has 142 valence electrons. The molecule has 1 aromatic carbocycles. The zero-order valence-corrected chi connectivity index (χ0v) is 14.6. The van der Waals surface area contributed by atoms with Gasteiger partial charge in [-0.15, -0.1) is 25.6 Å². The van der Waals surface area contributed by atoms with Gasteiger partial charge in [0, 0.05) is 13.7 Å². The Morgan fingerprint density at radius 1 is 1.24 bits per heavy atom. The molecule has 0 aliphatic carbocycles. The predicted molar refractivity (Wildman–Crippen MR) is 88.9 cm³/mol. The van der Waals surface area contributed by atoms with E-state index in [9.17, 15) is 18.0 Å². The Labute approximate surface area is 150 Å². The van der Waals surface area contributed by atoms with E-state index in [1.54, 1.807) is 12.1 Å². The molecule has 0 bridgehead atoms. The minimum Gasteiger partial charge on any atom is -0.406 e. The number of alkyl halides is 3. The van der Waals surface area contributed by atoms with Gasteiger partial charge in [0.25, 0.3) is 5.91 Å². The first kappa shape index (κ1) is 21.5. The molecule has 1 aliphatic rings. The quantitative estimate of drug-likeness (QED) is 0.793. The van der Waals surface area contributed by atoms with Gasteiger partial charge >= 0.3 is 6.36 Å².